The molecule has 0 aromatic rings. The van der Waals surface area contributed by atoms with Crippen LogP contribution in [0.1, 0.15) is 26.7 Å². The van der Waals surface area contributed by atoms with Gasteiger partial charge in [0.2, 0.25) is 11.8 Å². The Labute approximate surface area is 189 Å². The molecule has 0 bridgehead atoms. The molecule has 0 spiro atoms. The summed E-state index contributed by atoms with van der Waals surface area (Å²) in [7, 11) is 2.27. The smallest absolute Gasteiger partial charge is 0.407 e. The van der Waals surface area contributed by atoms with Crippen molar-refractivity contribution in [2.45, 2.75) is 38.8 Å². The Bertz CT molecular complexity index is 673. The van der Waals surface area contributed by atoms with E-state index in [1.807, 2.05) is 0 Å². The van der Waals surface area contributed by atoms with E-state index in [4.69, 9.17) is 9.47 Å². The molecular formula is C18H29N3O10S. The quantitative estimate of drug-likeness (QED) is 0.234. The number of rotatable bonds is 13. The fraction of sp³-hybridized carbons (Fsp3) is 0.667. The van der Waals surface area contributed by atoms with E-state index < -0.39 is 53.8 Å². The van der Waals surface area contributed by atoms with Crippen molar-refractivity contribution in [3.8, 4) is 0 Å². The lowest BCUT2D eigenvalue weighted by atomic mass is 10.1. The van der Waals surface area contributed by atoms with Crippen LogP contribution in [0.5, 0.6) is 0 Å². The third kappa shape index (κ3) is 12.6. The Kier molecular flexibility index (Phi) is 15.1. The van der Waals surface area contributed by atoms with Crippen LogP contribution in [0.15, 0.2) is 0 Å². The Balaban J connectivity index is 5.00. The number of thioether (sulfide) groups is 1. The van der Waals surface area contributed by atoms with Gasteiger partial charge >= 0.3 is 23.3 Å². The fourth-order valence-corrected chi connectivity index (χ4v) is 2.84. The van der Waals surface area contributed by atoms with E-state index in [0.29, 0.717) is 11.8 Å². The van der Waals surface area contributed by atoms with Gasteiger partial charge in [-0.3, -0.25) is 14.4 Å². The molecule has 0 saturated carbocycles. The molecule has 0 aliphatic heterocycles. The normalized spacial score (nSPS) is 11.9. The molecule has 0 radical (unpaired) electrons. The second-order valence-corrected chi connectivity index (χ2v) is 6.84. The van der Waals surface area contributed by atoms with Crippen molar-refractivity contribution in [1.29, 1.82) is 0 Å². The largest absolute Gasteiger partial charge is 0.468 e. The standard InChI is InChI=1S/C18H29N3O10S/c1-5-30-17(26)21-11(16(25)29-4)7-8-13(22)20-12(10-32-18(27)31-6-2)15(24)19-9-14(23)28-3/h11-12H,5-10H2,1-4H3,(H,19,24)(H,20,22)(H,21,26). The molecule has 3 amide bonds. The maximum Gasteiger partial charge on any atom is 0.407 e. The van der Waals surface area contributed by atoms with E-state index in [1.165, 1.54) is 0 Å². The molecule has 14 heteroatoms. The van der Waals surface area contributed by atoms with Crippen LogP contribution in [-0.2, 0) is 38.1 Å². The molecule has 0 aromatic heterocycles. The number of alkyl carbamates (subject to hydrolysis) is 1. The van der Waals surface area contributed by atoms with Gasteiger partial charge in [-0.1, -0.05) is 0 Å². The summed E-state index contributed by atoms with van der Waals surface area (Å²) in [6.07, 6.45) is -1.26. The Morgan fingerprint density at radius 3 is 2.09 bits per heavy atom. The van der Waals surface area contributed by atoms with Gasteiger partial charge in [-0.15, -0.1) is 0 Å². The Hall–Kier alpha value is -3.03. The summed E-state index contributed by atoms with van der Waals surface area (Å²) in [6, 6.07) is -2.33. The third-order valence-electron chi connectivity index (χ3n) is 3.63. The predicted octanol–water partition coefficient (Wildman–Crippen LogP) is -0.282. The van der Waals surface area contributed by atoms with Crippen molar-refractivity contribution in [3.05, 3.63) is 0 Å². The maximum atomic E-state index is 12.3. The number of carbonyl (C=O) groups is 6. The first kappa shape index (κ1) is 29.0. The van der Waals surface area contributed by atoms with Crippen LogP contribution >= 0.6 is 11.8 Å². The third-order valence-corrected chi connectivity index (χ3v) is 4.48. The lowest BCUT2D eigenvalue weighted by molar-refractivity contribution is -0.143. The van der Waals surface area contributed by atoms with Crippen molar-refractivity contribution < 1.29 is 47.7 Å². The summed E-state index contributed by atoms with van der Waals surface area (Å²) in [5.41, 5.74) is 0. The van der Waals surface area contributed by atoms with Crippen LogP contribution in [0.3, 0.4) is 0 Å². The molecule has 182 valence electrons. The number of amides is 3. The van der Waals surface area contributed by atoms with Crippen LogP contribution in [0, 0.1) is 0 Å². The number of carbonyl (C=O) groups excluding carboxylic acids is 6. The summed E-state index contributed by atoms with van der Waals surface area (Å²) >= 11 is 0.666. The van der Waals surface area contributed by atoms with E-state index in [-0.39, 0.29) is 31.8 Å². The number of esters is 2. The maximum absolute atomic E-state index is 12.3. The molecule has 0 aliphatic rings. The molecule has 0 rings (SSSR count). The molecule has 3 N–H and O–H groups in total. The van der Waals surface area contributed by atoms with Crippen LogP contribution in [-0.4, -0.2) is 87.0 Å². The zero-order chi connectivity index (χ0) is 24.5. The first-order chi connectivity index (χ1) is 15.2. The first-order valence-electron chi connectivity index (χ1n) is 9.62. The van der Waals surface area contributed by atoms with Crippen molar-refractivity contribution in [2.24, 2.45) is 0 Å². The first-order valence-corrected chi connectivity index (χ1v) is 10.6. The second kappa shape index (κ2) is 16.6. The molecule has 32 heavy (non-hydrogen) atoms. The predicted molar refractivity (Wildman–Crippen MR) is 112 cm³/mol. The summed E-state index contributed by atoms with van der Waals surface area (Å²) in [5, 5.41) is 6.34. The zero-order valence-corrected chi connectivity index (χ0v) is 19.2. The van der Waals surface area contributed by atoms with Crippen LogP contribution < -0.4 is 16.0 Å². The monoisotopic (exact) mass is 479 g/mol. The lowest BCUT2D eigenvalue weighted by Crippen LogP contribution is -2.50. The highest BCUT2D eigenvalue weighted by molar-refractivity contribution is 8.13. The summed E-state index contributed by atoms with van der Waals surface area (Å²) in [5.74, 6) is -3.02. The topological polar surface area (TPSA) is 175 Å². The van der Waals surface area contributed by atoms with E-state index in [9.17, 15) is 28.8 Å². The molecule has 0 fully saturated rings. The number of methoxy groups -OCH3 is 2. The number of hydrogen-bond acceptors (Lipinski definition) is 11. The summed E-state index contributed by atoms with van der Waals surface area (Å²) in [4.78, 5) is 70.9. The van der Waals surface area contributed by atoms with Gasteiger partial charge in [-0.2, -0.15) is 0 Å². The number of hydrogen-bond donors (Lipinski definition) is 3. The van der Waals surface area contributed by atoms with Crippen molar-refractivity contribution >= 4 is 46.9 Å². The molecule has 0 aliphatic carbocycles. The van der Waals surface area contributed by atoms with E-state index in [1.54, 1.807) is 13.8 Å². The van der Waals surface area contributed by atoms with Gasteiger partial charge in [0.1, 0.15) is 18.6 Å². The molecule has 0 saturated heterocycles. The Morgan fingerprint density at radius 1 is 0.875 bits per heavy atom. The van der Waals surface area contributed by atoms with E-state index in [2.05, 4.69) is 25.4 Å². The average Bonchev–Trinajstić information content (AvgIpc) is 2.77. The Morgan fingerprint density at radius 2 is 1.53 bits per heavy atom. The zero-order valence-electron chi connectivity index (χ0n) is 18.4. The summed E-state index contributed by atoms with van der Waals surface area (Å²) < 4.78 is 18.5. The second-order valence-electron chi connectivity index (χ2n) is 5.89. The molecule has 0 heterocycles. The van der Waals surface area contributed by atoms with Gasteiger partial charge in [0.15, 0.2) is 0 Å². The highest BCUT2D eigenvalue weighted by Gasteiger charge is 2.26. The minimum Gasteiger partial charge on any atom is -0.468 e. The highest BCUT2D eigenvalue weighted by Crippen LogP contribution is 2.09. The SMILES string of the molecule is CCOC(=O)NC(CCC(=O)NC(CSC(=O)OCC)C(=O)NCC(=O)OC)C(=O)OC. The minimum absolute atomic E-state index is 0.0840. The number of ether oxygens (including phenoxy) is 4. The van der Waals surface area contributed by atoms with Gasteiger partial charge in [0, 0.05) is 12.2 Å². The van der Waals surface area contributed by atoms with Gasteiger partial charge in [0.25, 0.3) is 0 Å². The van der Waals surface area contributed by atoms with Crippen LogP contribution in [0.25, 0.3) is 0 Å². The van der Waals surface area contributed by atoms with Crippen LogP contribution in [0.4, 0.5) is 9.59 Å². The van der Waals surface area contributed by atoms with E-state index in [0.717, 1.165) is 14.2 Å². The van der Waals surface area contributed by atoms with Crippen molar-refractivity contribution in [1.82, 2.24) is 16.0 Å². The van der Waals surface area contributed by atoms with Gasteiger partial charge in [-0.05, 0) is 32.0 Å². The minimum atomic E-state index is -1.18. The van der Waals surface area contributed by atoms with Crippen molar-refractivity contribution in [2.75, 3.05) is 39.7 Å². The number of nitrogens with one attached hydrogen (secondary N) is 3. The van der Waals surface area contributed by atoms with Gasteiger partial charge in [-0.25, -0.2) is 14.4 Å². The molecule has 0 aromatic carbocycles. The van der Waals surface area contributed by atoms with Gasteiger partial charge < -0.3 is 34.9 Å². The molecular weight excluding hydrogens is 450 g/mol. The highest BCUT2D eigenvalue weighted by atomic mass is 32.2. The van der Waals surface area contributed by atoms with Crippen molar-refractivity contribution in [3.63, 3.8) is 0 Å². The van der Waals surface area contributed by atoms with E-state index >= 15 is 0 Å². The fourth-order valence-electron chi connectivity index (χ4n) is 2.10. The molecule has 2 atom stereocenters. The van der Waals surface area contributed by atoms with Gasteiger partial charge in [0.05, 0.1) is 27.4 Å². The summed E-state index contributed by atoms with van der Waals surface area (Å²) in [6.45, 7) is 2.99. The molecule has 2 unspecified atom stereocenters. The van der Waals surface area contributed by atoms with Crippen LogP contribution in [0.2, 0.25) is 0 Å². The lowest BCUT2D eigenvalue weighted by Gasteiger charge is -2.19. The molecule has 13 nitrogen and oxygen atoms in total. The average molecular weight is 480 g/mol.